The maximum absolute atomic E-state index is 5.65. The van der Waals surface area contributed by atoms with E-state index in [9.17, 15) is 0 Å². The summed E-state index contributed by atoms with van der Waals surface area (Å²) < 4.78 is 16.1. The van der Waals surface area contributed by atoms with Gasteiger partial charge in [-0.1, -0.05) is 23.3 Å². The number of para-hydroxylation sites is 2. The first-order valence-corrected chi connectivity index (χ1v) is 7.11. The second kappa shape index (κ2) is 5.88. The van der Waals surface area contributed by atoms with Gasteiger partial charge in [0, 0.05) is 0 Å². The van der Waals surface area contributed by atoms with Crippen LogP contribution < -0.4 is 15.0 Å². The number of rotatable bonds is 3. The van der Waals surface area contributed by atoms with E-state index in [-0.39, 0.29) is 6.02 Å². The predicted molar refractivity (Wildman–Crippen MR) is 82.7 cm³/mol. The molecule has 2 N–H and O–H groups in total. The Morgan fingerprint density at radius 3 is 2.48 bits per heavy atom. The standard InChI is InChI=1S/C13H12BN3O3S/c1-9(12-7-4-8-21-12)16-17-13(15)20-14-18-10-5-2-3-6-11(10)19-14/h2-8H,1H3,(H2,15,17)/b16-9-. The van der Waals surface area contributed by atoms with Crippen LogP contribution in [0.4, 0.5) is 0 Å². The molecule has 0 amide bonds. The van der Waals surface area contributed by atoms with E-state index in [4.69, 9.17) is 19.7 Å². The minimum Gasteiger partial charge on any atom is -0.486 e. The highest BCUT2D eigenvalue weighted by molar-refractivity contribution is 7.12. The van der Waals surface area contributed by atoms with Crippen molar-refractivity contribution in [2.24, 2.45) is 15.9 Å². The van der Waals surface area contributed by atoms with Crippen molar-refractivity contribution in [2.75, 3.05) is 0 Å². The number of hydrogen-bond donors (Lipinski definition) is 1. The largest absolute Gasteiger partial charge is 0.866 e. The van der Waals surface area contributed by atoms with Gasteiger partial charge in [0.05, 0.1) is 10.6 Å². The van der Waals surface area contributed by atoms with Crippen LogP contribution in [0.3, 0.4) is 0 Å². The quantitative estimate of drug-likeness (QED) is 0.408. The fraction of sp³-hybridized carbons (Fsp3) is 0.0769. The molecule has 0 saturated carbocycles. The van der Waals surface area contributed by atoms with Gasteiger partial charge in [-0.05, 0) is 30.5 Å². The second-order valence-electron chi connectivity index (χ2n) is 4.19. The van der Waals surface area contributed by atoms with Gasteiger partial charge in [-0.3, -0.25) is 0 Å². The van der Waals surface area contributed by atoms with Crippen molar-refractivity contribution >= 4 is 30.4 Å². The SMILES string of the molecule is C/C(=N/N=C(/N)OB1Oc2ccccc2O1)c1cccs1. The molecule has 1 aromatic heterocycles. The molecule has 0 radical (unpaired) electrons. The molecule has 1 aliphatic rings. The highest BCUT2D eigenvalue weighted by Crippen LogP contribution is 2.32. The van der Waals surface area contributed by atoms with E-state index in [1.807, 2.05) is 36.6 Å². The summed E-state index contributed by atoms with van der Waals surface area (Å²) in [4.78, 5) is 1.02. The average Bonchev–Trinajstić information content (AvgIpc) is 3.13. The molecular weight excluding hydrogens is 289 g/mol. The van der Waals surface area contributed by atoms with Crippen molar-refractivity contribution in [1.82, 2.24) is 0 Å². The first-order valence-electron chi connectivity index (χ1n) is 6.23. The van der Waals surface area contributed by atoms with Gasteiger partial charge >= 0.3 is 7.32 Å². The number of nitrogens with two attached hydrogens (primary N) is 1. The van der Waals surface area contributed by atoms with E-state index in [1.165, 1.54) is 0 Å². The van der Waals surface area contributed by atoms with Crippen LogP contribution in [0, 0.1) is 0 Å². The Bertz CT molecular complexity index is 663. The van der Waals surface area contributed by atoms with Gasteiger partial charge in [0.25, 0.3) is 6.02 Å². The molecule has 6 nitrogen and oxygen atoms in total. The molecule has 2 heterocycles. The topological polar surface area (TPSA) is 78.4 Å². The third kappa shape index (κ3) is 3.17. The molecule has 106 valence electrons. The third-order valence-electron chi connectivity index (χ3n) is 2.69. The minimum absolute atomic E-state index is 0.122. The van der Waals surface area contributed by atoms with Crippen LogP contribution >= 0.6 is 11.3 Å². The van der Waals surface area contributed by atoms with Gasteiger partial charge in [0.15, 0.2) is 0 Å². The Hall–Kier alpha value is -2.48. The molecule has 2 aromatic rings. The van der Waals surface area contributed by atoms with Crippen molar-refractivity contribution in [3.05, 3.63) is 46.7 Å². The first-order chi connectivity index (χ1) is 10.2. The molecule has 0 saturated heterocycles. The van der Waals surface area contributed by atoms with Gasteiger partial charge in [0.1, 0.15) is 11.5 Å². The van der Waals surface area contributed by atoms with Crippen LogP contribution in [-0.2, 0) is 4.65 Å². The molecule has 0 bridgehead atoms. The number of thiophene rings is 1. The Morgan fingerprint density at radius 2 is 1.86 bits per heavy atom. The van der Waals surface area contributed by atoms with Crippen molar-refractivity contribution in [1.29, 1.82) is 0 Å². The highest BCUT2D eigenvalue weighted by Gasteiger charge is 2.38. The Balaban J connectivity index is 1.61. The maximum Gasteiger partial charge on any atom is 0.866 e. The van der Waals surface area contributed by atoms with Crippen molar-refractivity contribution in [3.63, 3.8) is 0 Å². The van der Waals surface area contributed by atoms with Gasteiger partial charge in [-0.2, -0.15) is 0 Å². The fourth-order valence-corrected chi connectivity index (χ4v) is 2.38. The third-order valence-corrected chi connectivity index (χ3v) is 3.67. The molecule has 1 aliphatic heterocycles. The highest BCUT2D eigenvalue weighted by atomic mass is 32.1. The second-order valence-corrected chi connectivity index (χ2v) is 5.14. The summed E-state index contributed by atoms with van der Waals surface area (Å²) in [7, 11) is -0.941. The molecule has 3 rings (SSSR count). The first kappa shape index (κ1) is 13.5. The van der Waals surface area contributed by atoms with Crippen LogP contribution in [0.2, 0.25) is 0 Å². The minimum atomic E-state index is -0.941. The van der Waals surface area contributed by atoms with Gasteiger partial charge in [0.2, 0.25) is 0 Å². The Labute approximate surface area is 126 Å². The maximum atomic E-state index is 5.65. The molecule has 21 heavy (non-hydrogen) atoms. The van der Waals surface area contributed by atoms with E-state index in [2.05, 4.69) is 10.2 Å². The summed E-state index contributed by atoms with van der Waals surface area (Å²) in [6, 6.07) is 11.0. The van der Waals surface area contributed by atoms with Crippen molar-refractivity contribution < 1.29 is 14.0 Å². The molecule has 0 atom stereocenters. The van der Waals surface area contributed by atoms with Crippen molar-refractivity contribution in [2.45, 2.75) is 6.92 Å². The lowest BCUT2D eigenvalue weighted by molar-refractivity contribution is 0.342. The number of nitrogens with zero attached hydrogens (tertiary/aromatic N) is 2. The van der Waals surface area contributed by atoms with E-state index in [1.54, 1.807) is 23.5 Å². The summed E-state index contributed by atoms with van der Waals surface area (Å²) in [5.41, 5.74) is 6.41. The van der Waals surface area contributed by atoms with E-state index < -0.39 is 7.32 Å². The molecule has 0 fully saturated rings. The molecule has 1 aromatic carbocycles. The fourth-order valence-electron chi connectivity index (χ4n) is 1.70. The van der Waals surface area contributed by atoms with E-state index in [0.29, 0.717) is 11.5 Å². The Kier molecular flexibility index (Phi) is 3.78. The molecule has 0 unspecified atom stereocenters. The summed E-state index contributed by atoms with van der Waals surface area (Å²) >= 11 is 1.58. The lowest BCUT2D eigenvalue weighted by Gasteiger charge is -2.04. The van der Waals surface area contributed by atoms with Gasteiger partial charge < -0.3 is 19.7 Å². The van der Waals surface area contributed by atoms with Crippen LogP contribution in [0.1, 0.15) is 11.8 Å². The van der Waals surface area contributed by atoms with Gasteiger partial charge in [-0.15, -0.1) is 16.4 Å². The predicted octanol–water partition coefficient (Wildman–Crippen LogP) is 2.26. The van der Waals surface area contributed by atoms with Crippen molar-refractivity contribution in [3.8, 4) is 11.5 Å². The summed E-state index contributed by atoms with van der Waals surface area (Å²) in [6.45, 7) is 1.85. The molecular formula is C13H12BN3O3S. The monoisotopic (exact) mass is 301 g/mol. The summed E-state index contributed by atoms with van der Waals surface area (Å²) in [5.74, 6) is 1.21. The smallest absolute Gasteiger partial charge is 0.486 e. The summed E-state index contributed by atoms with van der Waals surface area (Å²) in [6.07, 6.45) is 0. The number of benzene rings is 1. The zero-order chi connectivity index (χ0) is 14.7. The van der Waals surface area contributed by atoms with E-state index >= 15 is 0 Å². The molecule has 0 spiro atoms. The molecule has 8 heteroatoms. The zero-order valence-electron chi connectivity index (χ0n) is 11.2. The number of amidine groups is 1. The van der Waals surface area contributed by atoms with Crippen LogP contribution in [-0.4, -0.2) is 19.1 Å². The van der Waals surface area contributed by atoms with E-state index in [0.717, 1.165) is 10.6 Å². The lowest BCUT2D eigenvalue weighted by atomic mass is 10.2. The molecule has 0 aliphatic carbocycles. The van der Waals surface area contributed by atoms with Crippen LogP contribution in [0.15, 0.2) is 52.0 Å². The lowest BCUT2D eigenvalue weighted by Crippen LogP contribution is -2.35. The number of hydrogen-bond acceptors (Lipinski definition) is 6. The normalized spacial score (nSPS) is 14.4. The average molecular weight is 301 g/mol. The number of fused-ring (bicyclic) bond motifs is 1. The van der Waals surface area contributed by atoms with Gasteiger partial charge in [-0.25, -0.2) is 0 Å². The van der Waals surface area contributed by atoms with Crippen LogP contribution in [0.5, 0.6) is 11.5 Å². The zero-order valence-corrected chi connectivity index (χ0v) is 12.0. The Morgan fingerprint density at radius 1 is 1.14 bits per heavy atom. The summed E-state index contributed by atoms with van der Waals surface area (Å²) in [5, 5.41) is 9.79. The van der Waals surface area contributed by atoms with Crippen LogP contribution in [0.25, 0.3) is 0 Å².